The number of hydrogen-bond acceptors (Lipinski definition) is 4. The predicted molar refractivity (Wildman–Crippen MR) is 86.8 cm³/mol. The van der Waals surface area contributed by atoms with Gasteiger partial charge in [0.1, 0.15) is 6.10 Å². The van der Waals surface area contributed by atoms with Crippen molar-refractivity contribution in [3.63, 3.8) is 0 Å². The summed E-state index contributed by atoms with van der Waals surface area (Å²) in [6, 6.07) is 11.9. The van der Waals surface area contributed by atoms with Crippen LogP contribution in [0.25, 0.3) is 0 Å². The normalized spacial score (nSPS) is 13.0. The van der Waals surface area contributed by atoms with E-state index < -0.39 is 28.6 Å². The second-order valence-electron chi connectivity index (χ2n) is 5.49. The largest absolute Gasteiger partial charge is 0.441 e. The lowest BCUT2D eigenvalue weighted by molar-refractivity contribution is -0.137. The number of alkyl halides is 3. The molecule has 26 heavy (non-hydrogen) atoms. The van der Waals surface area contributed by atoms with Crippen LogP contribution in [0.2, 0.25) is 5.02 Å². The summed E-state index contributed by atoms with van der Waals surface area (Å²) in [4.78, 5) is 11.9. The minimum atomic E-state index is -4.68. The van der Waals surface area contributed by atoms with Crippen molar-refractivity contribution in [2.45, 2.75) is 18.8 Å². The Morgan fingerprint density at radius 2 is 1.85 bits per heavy atom. The van der Waals surface area contributed by atoms with Crippen LogP contribution in [0, 0.1) is 0 Å². The third kappa shape index (κ3) is 3.51. The molecular formula is C17H12ClF3N2O3. The van der Waals surface area contributed by atoms with Gasteiger partial charge in [-0.25, -0.2) is 4.79 Å². The van der Waals surface area contributed by atoms with Crippen LogP contribution in [0.3, 0.4) is 0 Å². The smallest absolute Gasteiger partial charge is 0.380 e. The Labute approximate surface area is 150 Å². The molecule has 0 fully saturated rings. The van der Waals surface area contributed by atoms with Crippen molar-refractivity contribution >= 4 is 11.6 Å². The average Bonchev–Trinajstić information content (AvgIpc) is 2.95. The topological polar surface area (TPSA) is 68.3 Å². The van der Waals surface area contributed by atoms with Crippen LogP contribution >= 0.6 is 11.6 Å². The Bertz CT molecular complexity index is 967. The third-order valence-electron chi connectivity index (χ3n) is 3.77. The summed E-state index contributed by atoms with van der Waals surface area (Å²) < 4.78 is 44.6. The zero-order valence-corrected chi connectivity index (χ0v) is 13.8. The Balaban J connectivity index is 2.02. The molecule has 0 radical (unpaired) electrons. The SMILES string of the molecule is O=c1onc(C(O)c2cccc(C(F)(F)F)c2Cl)n1Cc1ccccc1. The number of hydrogen-bond donors (Lipinski definition) is 1. The van der Waals surface area contributed by atoms with Gasteiger partial charge in [-0.05, 0) is 11.6 Å². The Hall–Kier alpha value is -2.58. The molecule has 0 bridgehead atoms. The molecule has 3 aromatic rings. The van der Waals surface area contributed by atoms with Crippen LogP contribution < -0.4 is 5.76 Å². The molecule has 0 aliphatic rings. The highest BCUT2D eigenvalue weighted by molar-refractivity contribution is 6.32. The summed E-state index contributed by atoms with van der Waals surface area (Å²) >= 11 is 5.83. The first-order valence-electron chi connectivity index (χ1n) is 7.43. The summed E-state index contributed by atoms with van der Waals surface area (Å²) in [5.74, 6) is -1.08. The molecule has 136 valence electrons. The molecule has 9 heteroatoms. The van der Waals surface area contributed by atoms with E-state index in [9.17, 15) is 23.1 Å². The van der Waals surface area contributed by atoms with Crippen molar-refractivity contribution in [1.82, 2.24) is 9.72 Å². The highest BCUT2D eigenvalue weighted by atomic mass is 35.5. The molecule has 1 N–H and O–H groups in total. The maximum atomic E-state index is 13.0. The second-order valence-corrected chi connectivity index (χ2v) is 5.87. The van der Waals surface area contributed by atoms with Gasteiger partial charge in [-0.1, -0.05) is 59.2 Å². The average molecular weight is 385 g/mol. The lowest BCUT2D eigenvalue weighted by Gasteiger charge is -2.16. The van der Waals surface area contributed by atoms with Crippen molar-refractivity contribution in [3.8, 4) is 0 Å². The Morgan fingerprint density at radius 3 is 2.50 bits per heavy atom. The van der Waals surface area contributed by atoms with E-state index in [1.54, 1.807) is 30.3 Å². The van der Waals surface area contributed by atoms with Crippen LogP contribution in [0.1, 0.15) is 28.6 Å². The van der Waals surface area contributed by atoms with Crippen LogP contribution in [0.4, 0.5) is 13.2 Å². The van der Waals surface area contributed by atoms with Crippen molar-refractivity contribution in [2.24, 2.45) is 0 Å². The molecule has 5 nitrogen and oxygen atoms in total. The molecule has 0 spiro atoms. The third-order valence-corrected chi connectivity index (χ3v) is 4.19. The van der Waals surface area contributed by atoms with Gasteiger partial charge in [0.05, 0.1) is 17.1 Å². The van der Waals surface area contributed by atoms with Gasteiger partial charge in [-0.15, -0.1) is 0 Å². The number of aliphatic hydroxyl groups is 1. The van der Waals surface area contributed by atoms with Crippen molar-refractivity contribution in [3.05, 3.63) is 86.6 Å². The molecule has 0 amide bonds. The second kappa shape index (κ2) is 6.97. The standard InChI is InChI=1S/C17H12ClF3N2O3/c18-13-11(7-4-8-12(13)17(19,20)21)14(24)15-22-26-16(25)23(15)9-10-5-2-1-3-6-10/h1-8,14,24H,9H2. The van der Waals surface area contributed by atoms with Crippen LogP contribution in [0.15, 0.2) is 57.8 Å². The lowest BCUT2D eigenvalue weighted by atomic mass is 10.0. The van der Waals surface area contributed by atoms with Crippen LogP contribution in [-0.4, -0.2) is 14.8 Å². The van der Waals surface area contributed by atoms with E-state index in [0.29, 0.717) is 0 Å². The zero-order valence-electron chi connectivity index (χ0n) is 13.1. The van der Waals surface area contributed by atoms with Gasteiger partial charge < -0.3 is 5.11 Å². The molecule has 1 atom stereocenters. The highest BCUT2D eigenvalue weighted by Gasteiger charge is 2.35. The maximum absolute atomic E-state index is 13.0. The number of benzene rings is 2. The Kier molecular flexibility index (Phi) is 4.88. The summed E-state index contributed by atoms with van der Waals surface area (Å²) in [6.45, 7) is 0.0339. The number of nitrogens with zero attached hydrogens (tertiary/aromatic N) is 2. The van der Waals surface area contributed by atoms with Crippen molar-refractivity contribution < 1.29 is 22.8 Å². The van der Waals surface area contributed by atoms with Gasteiger partial charge in [0, 0.05) is 5.56 Å². The number of aromatic nitrogens is 2. The molecule has 0 aliphatic heterocycles. The van der Waals surface area contributed by atoms with E-state index >= 15 is 0 Å². The molecular weight excluding hydrogens is 373 g/mol. The number of rotatable bonds is 4. The fourth-order valence-corrected chi connectivity index (χ4v) is 2.84. The fourth-order valence-electron chi connectivity index (χ4n) is 2.51. The molecule has 0 aliphatic carbocycles. The molecule has 1 unspecified atom stereocenters. The molecule has 3 rings (SSSR count). The predicted octanol–water partition coefficient (Wildman–Crippen LogP) is 3.64. The summed E-state index contributed by atoms with van der Waals surface area (Å²) in [7, 11) is 0. The van der Waals surface area contributed by atoms with Gasteiger partial charge >= 0.3 is 11.9 Å². The zero-order chi connectivity index (χ0) is 18.9. The van der Waals surface area contributed by atoms with E-state index in [1.807, 2.05) is 0 Å². The molecule has 2 aromatic carbocycles. The van der Waals surface area contributed by atoms with E-state index in [1.165, 1.54) is 6.07 Å². The van der Waals surface area contributed by atoms with Crippen LogP contribution in [-0.2, 0) is 12.7 Å². The number of halogens is 4. The summed E-state index contributed by atoms with van der Waals surface area (Å²) in [5, 5.41) is 13.3. The summed E-state index contributed by atoms with van der Waals surface area (Å²) in [5.41, 5.74) is -0.589. The summed E-state index contributed by atoms with van der Waals surface area (Å²) in [6.07, 6.45) is -6.35. The number of aliphatic hydroxyl groups excluding tert-OH is 1. The molecule has 0 saturated heterocycles. The molecule has 1 aromatic heterocycles. The first kappa shape index (κ1) is 18.2. The van der Waals surface area contributed by atoms with Gasteiger partial charge in [0.15, 0.2) is 5.82 Å². The quantitative estimate of drug-likeness (QED) is 0.745. The van der Waals surface area contributed by atoms with Gasteiger partial charge in [0.2, 0.25) is 0 Å². The first-order chi connectivity index (χ1) is 12.3. The first-order valence-corrected chi connectivity index (χ1v) is 7.81. The van der Waals surface area contributed by atoms with Gasteiger partial charge in [-0.3, -0.25) is 9.09 Å². The molecule has 1 heterocycles. The minimum absolute atomic E-state index is 0.0339. The Morgan fingerprint density at radius 1 is 1.15 bits per heavy atom. The lowest BCUT2D eigenvalue weighted by Crippen LogP contribution is -2.20. The van der Waals surface area contributed by atoms with Gasteiger partial charge in [-0.2, -0.15) is 13.2 Å². The van der Waals surface area contributed by atoms with Crippen molar-refractivity contribution in [1.29, 1.82) is 0 Å². The van der Waals surface area contributed by atoms with E-state index in [0.717, 1.165) is 22.3 Å². The molecule has 0 saturated carbocycles. The van der Waals surface area contributed by atoms with E-state index in [-0.39, 0.29) is 17.9 Å². The fraction of sp³-hybridized carbons (Fsp3) is 0.176. The van der Waals surface area contributed by atoms with Gasteiger partial charge in [0.25, 0.3) is 0 Å². The van der Waals surface area contributed by atoms with E-state index in [2.05, 4.69) is 9.68 Å². The monoisotopic (exact) mass is 384 g/mol. The highest BCUT2D eigenvalue weighted by Crippen LogP contribution is 2.38. The maximum Gasteiger partial charge on any atom is 0.441 e. The van der Waals surface area contributed by atoms with E-state index in [4.69, 9.17) is 11.6 Å². The minimum Gasteiger partial charge on any atom is -0.380 e. The van der Waals surface area contributed by atoms with Crippen molar-refractivity contribution in [2.75, 3.05) is 0 Å². The van der Waals surface area contributed by atoms with Crippen LogP contribution in [0.5, 0.6) is 0 Å².